The lowest BCUT2D eigenvalue weighted by Gasteiger charge is -2.35. The molecule has 0 aromatic heterocycles. The molecule has 1 saturated heterocycles. The van der Waals surface area contributed by atoms with Crippen LogP contribution in [0.15, 0.2) is 22.7 Å². The highest BCUT2D eigenvalue weighted by atomic mass is 79.9. The van der Waals surface area contributed by atoms with Crippen molar-refractivity contribution in [1.82, 2.24) is 4.90 Å². The zero-order valence-corrected chi connectivity index (χ0v) is 13.1. The summed E-state index contributed by atoms with van der Waals surface area (Å²) in [5.74, 6) is 0. The highest BCUT2D eigenvalue weighted by molar-refractivity contribution is 9.10. The van der Waals surface area contributed by atoms with Crippen molar-refractivity contribution >= 4 is 39.3 Å². The van der Waals surface area contributed by atoms with Crippen LogP contribution in [0.3, 0.4) is 0 Å². The van der Waals surface area contributed by atoms with Crippen LogP contribution in [0.25, 0.3) is 0 Å². The third kappa shape index (κ3) is 3.54. The molecule has 1 aliphatic heterocycles. The number of halogens is 2. The molecule has 0 radical (unpaired) electrons. The zero-order chi connectivity index (χ0) is 13.8. The molecule has 1 aromatic rings. The Morgan fingerprint density at radius 2 is 2.05 bits per heavy atom. The van der Waals surface area contributed by atoms with E-state index in [9.17, 15) is 4.79 Å². The van der Waals surface area contributed by atoms with Gasteiger partial charge in [0.05, 0.1) is 17.3 Å². The fraction of sp³-hybridized carbons (Fsp3) is 0.462. The van der Waals surface area contributed by atoms with E-state index in [-0.39, 0.29) is 6.09 Å². The van der Waals surface area contributed by atoms with Crippen LogP contribution >= 0.6 is 27.5 Å². The van der Waals surface area contributed by atoms with Gasteiger partial charge >= 0.3 is 6.09 Å². The molecule has 0 spiro atoms. The smallest absolute Gasteiger partial charge is 0.409 e. The number of ether oxygens (including phenoxy) is 1. The predicted molar refractivity (Wildman–Crippen MR) is 80.0 cm³/mol. The minimum absolute atomic E-state index is 0.232. The van der Waals surface area contributed by atoms with E-state index in [1.165, 1.54) is 0 Å². The average molecular weight is 348 g/mol. The average Bonchev–Trinajstić information content (AvgIpc) is 2.39. The molecule has 0 saturated carbocycles. The second-order valence-electron chi connectivity index (χ2n) is 4.27. The number of carbonyl (C=O) groups excluding carboxylic acids is 1. The first kappa shape index (κ1) is 14.5. The lowest BCUT2D eigenvalue weighted by Crippen LogP contribution is -2.49. The van der Waals surface area contributed by atoms with Crippen molar-refractivity contribution < 1.29 is 9.53 Å². The van der Waals surface area contributed by atoms with Gasteiger partial charge in [0.2, 0.25) is 0 Å². The molecule has 1 aromatic carbocycles. The number of amides is 1. The van der Waals surface area contributed by atoms with Gasteiger partial charge in [-0.15, -0.1) is 0 Å². The number of piperazine rings is 1. The van der Waals surface area contributed by atoms with E-state index in [1.807, 2.05) is 25.1 Å². The van der Waals surface area contributed by atoms with Gasteiger partial charge < -0.3 is 14.5 Å². The predicted octanol–water partition coefficient (Wildman–Crippen LogP) is 3.38. The van der Waals surface area contributed by atoms with E-state index in [4.69, 9.17) is 16.3 Å². The molecule has 0 bridgehead atoms. The Hall–Kier alpha value is -0.940. The Bertz CT molecular complexity index is 462. The van der Waals surface area contributed by atoms with Crippen molar-refractivity contribution in [3.8, 4) is 0 Å². The van der Waals surface area contributed by atoms with Gasteiger partial charge in [0.15, 0.2) is 0 Å². The summed E-state index contributed by atoms with van der Waals surface area (Å²) < 4.78 is 5.96. The number of nitrogens with zero attached hydrogens (tertiary/aromatic N) is 2. The first-order chi connectivity index (χ1) is 9.11. The number of hydrogen-bond acceptors (Lipinski definition) is 3. The third-order valence-corrected chi connectivity index (χ3v) is 3.85. The highest BCUT2D eigenvalue weighted by Crippen LogP contribution is 2.29. The number of benzene rings is 1. The highest BCUT2D eigenvalue weighted by Gasteiger charge is 2.23. The maximum Gasteiger partial charge on any atom is 0.409 e. The van der Waals surface area contributed by atoms with Crippen molar-refractivity contribution in [2.24, 2.45) is 0 Å². The van der Waals surface area contributed by atoms with E-state index < -0.39 is 0 Å². The normalized spacial score (nSPS) is 15.5. The Kier molecular flexibility index (Phi) is 4.93. The largest absolute Gasteiger partial charge is 0.450 e. The summed E-state index contributed by atoms with van der Waals surface area (Å²) in [7, 11) is 0. The van der Waals surface area contributed by atoms with Crippen LogP contribution in [-0.2, 0) is 4.74 Å². The lowest BCUT2D eigenvalue weighted by atomic mass is 10.2. The van der Waals surface area contributed by atoms with E-state index in [0.717, 1.165) is 28.3 Å². The van der Waals surface area contributed by atoms with Crippen molar-refractivity contribution in [2.75, 3.05) is 37.7 Å². The molecule has 0 atom stereocenters. The summed E-state index contributed by atoms with van der Waals surface area (Å²) >= 11 is 9.63. The second kappa shape index (κ2) is 6.48. The number of carbonyl (C=O) groups is 1. The number of anilines is 1. The third-order valence-electron chi connectivity index (χ3n) is 3.06. The molecule has 0 aliphatic carbocycles. The quantitative estimate of drug-likeness (QED) is 0.822. The zero-order valence-electron chi connectivity index (χ0n) is 10.7. The first-order valence-electron chi connectivity index (χ1n) is 6.23. The fourth-order valence-electron chi connectivity index (χ4n) is 2.08. The van der Waals surface area contributed by atoms with Gasteiger partial charge in [-0.25, -0.2) is 4.79 Å². The molecular formula is C13H16BrClN2O2. The van der Waals surface area contributed by atoms with Crippen LogP contribution in [0.4, 0.5) is 10.5 Å². The summed E-state index contributed by atoms with van der Waals surface area (Å²) in [6, 6.07) is 5.85. The SMILES string of the molecule is CCOC(=O)N1CCN(c2ccc(Br)cc2Cl)CC1. The summed E-state index contributed by atoms with van der Waals surface area (Å²) in [6.07, 6.45) is -0.232. The lowest BCUT2D eigenvalue weighted by molar-refractivity contribution is 0.105. The van der Waals surface area contributed by atoms with Gasteiger partial charge in [0.1, 0.15) is 0 Å². The van der Waals surface area contributed by atoms with E-state index in [2.05, 4.69) is 20.8 Å². The molecule has 0 unspecified atom stereocenters. The summed E-state index contributed by atoms with van der Waals surface area (Å²) in [5.41, 5.74) is 1.01. The van der Waals surface area contributed by atoms with Crippen LogP contribution in [0.1, 0.15) is 6.92 Å². The van der Waals surface area contributed by atoms with Gasteiger partial charge in [0, 0.05) is 30.7 Å². The Morgan fingerprint density at radius 1 is 1.37 bits per heavy atom. The van der Waals surface area contributed by atoms with Gasteiger partial charge in [-0.05, 0) is 25.1 Å². The van der Waals surface area contributed by atoms with Gasteiger partial charge in [-0.1, -0.05) is 27.5 Å². The molecule has 0 N–H and O–H groups in total. The van der Waals surface area contributed by atoms with Crippen molar-refractivity contribution in [3.05, 3.63) is 27.7 Å². The molecule has 19 heavy (non-hydrogen) atoms. The summed E-state index contributed by atoms with van der Waals surface area (Å²) in [5, 5.41) is 0.721. The van der Waals surface area contributed by atoms with E-state index in [1.54, 1.807) is 4.90 Å². The molecule has 6 heteroatoms. The van der Waals surface area contributed by atoms with Crippen LogP contribution in [-0.4, -0.2) is 43.8 Å². The maximum atomic E-state index is 11.6. The Labute approximate surface area is 126 Å². The Morgan fingerprint density at radius 3 is 2.63 bits per heavy atom. The standard InChI is InChI=1S/C13H16BrClN2O2/c1-2-19-13(18)17-7-5-16(6-8-17)12-4-3-10(14)9-11(12)15/h3-4,9H,2,5-8H2,1H3. The van der Waals surface area contributed by atoms with Crippen molar-refractivity contribution in [1.29, 1.82) is 0 Å². The molecule has 1 aliphatic rings. The Balaban J connectivity index is 1.98. The van der Waals surface area contributed by atoms with Crippen LogP contribution in [0.5, 0.6) is 0 Å². The van der Waals surface area contributed by atoms with Crippen molar-refractivity contribution in [3.63, 3.8) is 0 Å². The molecular weight excluding hydrogens is 332 g/mol. The molecule has 104 valence electrons. The molecule has 4 nitrogen and oxygen atoms in total. The molecule has 2 rings (SSSR count). The maximum absolute atomic E-state index is 11.6. The fourth-order valence-corrected chi connectivity index (χ4v) is 2.88. The van der Waals surface area contributed by atoms with Crippen LogP contribution < -0.4 is 4.90 Å². The van der Waals surface area contributed by atoms with Gasteiger partial charge in [-0.3, -0.25) is 0 Å². The topological polar surface area (TPSA) is 32.8 Å². The number of hydrogen-bond donors (Lipinski definition) is 0. The molecule has 1 heterocycles. The molecule has 1 amide bonds. The van der Waals surface area contributed by atoms with Crippen LogP contribution in [0.2, 0.25) is 5.02 Å². The molecule has 1 fully saturated rings. The summed E-state index contributed by atoms with van der Waals surface area (Å²) in [4.78, 5) is 15.5. The van der Waals surface area contributed by atoms with E-state index >= 15 is 0 Å². The van der Waals surface area contributed by atoms with Gasteiger partial charge in [-0.2, -0.15) is 0 Å². The second-order valence-corrected chi connectivity index (χ2v) is 5.59. The minimum Gasteiger partial charge on any atom is -0.450 e. The van der Waals surface area contributed by atoms with Crippen LogP contribution in [0, 0.1) is 0 Å². The van der Waals surface area contributed by atoms with E-state index in [0.29, 0.717) is 19.7 Å². The first-order valence-corrected chi connectivity index (χ1v) is 7.40. The summed E-state index contributed by atoms with van der Waals surface area (Å²) in [6.45, 7) is 5.07. The number of rotatable bonds is 2. The minimum atomic E-state index is -0.232. The van der Waals surface area contributed by atoms with Crippen molar-refractivity contribution in [2.45, 2.75) is 6.92 Å². The van der Waals surface area contributed by atoms with Gasteiger partial charge in [0.25, 0.3) is 0 Å². The monoisotopic (exact) mass is 346 g/mol.